The number of rotatable bonds is 8. The lowest BCUT2D eigenvalue weighted by atomic mass is 10.1. The van der Waals surface area contributed by atoms with Crippen molar-refractivity contribution in [2.24, 2.45) is 0 Å². The van der Waals surface area contributed by atoms with Gasteiger partial charge in [-0.15, -0.1) is 11.6 Å². The van der Waals surface area contributed by atoms with Crippen molar-refractivity contribution < 1.29 is 4.74 Å². The summed E-state index contributed by atoms with van der Waals surface area (Å²) in [6.07, 6.45) is 3.28. The van der Waals surface area contributed by atoms with E-state index in [1.807, 2.05) is 12.1 Å². The molecule has 17 heavy (non-hydrogen) atoms. The molecule has 0 aliphatic carbocycles. The Labute approximate surface area is 109 Å². The lowest BCUT2D eigenvalue weighted by Gasteiger charge is -2.12. The summed E-state index contributed by atoms with van der Waals surface area (Å²) in [5.41, 5.74) is 1.34. The van der Waals surface area contributed by atoms with Crippen LogP contribution in [0.5, 0.6) is 5.75 Å². The van der Waals surface area contributed by atoms with Gasteiger partial charge in [-0.05, 0) is 50.4 Å². The van der Waals surface area contributed by atoms with Crippen molar-refractivity contribution in [3.8, 4) is 5.75 Å². The first-order valence-corrected chi connectivity index (χ1v) is 6.72. The van der Waals surface area contributed by atoms with Crippen LogP contribution in [0.3, 0.4) is 0 Å². The Bertz CT molecular complexity index is 300. The van der Waals surface area contributed by atoms with Crippen LogP contribution in [0, 0.1) is 0 Å². The van der Waals surface area contributed by atoms with Gasteiger partial charge in [0.2, 0.25) is 0 Å². The summed E-state index contributed by atoms with van der Waals surface area (Å²) in [5.74, 6) is 1.67. The molecule has 0 aliphatic heterocycles. The highest BCUT2D eigenvalue weighted by molar-refractivity contribution is 6.17. The smallest absolute Gasteiger partial charge is 0.118 e. The van der Waals surface area contributed by atoms with E-state index in [9.17, 15) is 0 Å². The molecule has 0 radical (unpaired) electrons. The molecule has 3 heteroatoms. The van der Waals surface area contributed by atoms with Gasteiger partial charge in [0.1, 0.15) is 5.75 Å². The maximum Gasteiger partial charge on any atom is 0.118 e. The van der Waals surface area contributed by atoms with Crippen molar-refractivity contribution >= 4 is 11.6 Å². The average molecular weight is 256 g/mol. The minimum atomic E-state index is 0.548. The van der Waals surface area contributed by atoms with Crippen LogP contribution in [0.25, 0.3) is 0 Å². The number of halogens is 1. The number of methoxy groups -OCH3 is 1. The summed E-state index contributed by atoms with van der Waals surface area (Å²) >= 11 is 5.66. The van der Waals surface area contributed by atoms with Gasteiger partial charge in [0.05, 0.1) is 7.11 Å². The van der Waals surface area contributed by atoms with E-state index >= 15 is 0 Å². The number of alkyl halides is 1. The first kappa shape index (κ1) is 14.3. The van der Waals surface area contributed by atoms with E-state index in [2.05, 4.69) is 24.4 Å². The van der Waals surface area contributed by atoms with Gasteiger partial charge in [-0.1, -0.05) is 12.1 Å². The Morgan fingerprint density at radius 3 is 2.59 bits per heavy atom. The van der Waals surface area contributed by atoms with Crippen LogP contribution in [0.15, 0.2) is 24.3 Å². The highest BCUT2D eigenvalue weighted by Gasteiger charge is 2.00. The number of benzene rings is 1. The molecule has 2 nitrogen and oxygen atoms in total. The highest BCUT2D eigenvalue weighted by Crippen LogP contribution is 2.11. The fourth-order valence-electron chi connectivity index (χ4n) is 1.74. The van der Waals surface area contributed by atoms with Gasteiger partial charge in [-0.25, -0.2) is 0 Å². The molecule has 1 rings (SSSR count). The fraction of sp³-hybridized carbons (Fsp3) is 0.571. The van der Waals surface area contributed by atoms with Crippen LogP contribution in [0.4, 0.5) is 0 Å². The molecule has 0 heterocycles. The van der Waals surface area contributed by atoms with Crippen LogP contribution in [-0.2, 0) is 6.42 Å². The number of hydrogen-bond donors (Lipinski definition) is 1. The second-order valence-electron chi connectivity index (χ2n) is 4.28. The van der Waals surface area contributed by atoms with Gasteiger partial charge in [-0.3, -0.25) is 0 Å². The van der Waals surface area contributed by atoms with Gasteiger partial charge in [0.25, 0.3) is 0 Å². The average Bonchev–Trinajstić information content (AvgIpc) is 2.37. The van der Waals surface area contributed by atoms with Crippen molar-refractivity contribution in [2.75, 3.05) is 19.5 Å². The van der Waals surface area contributed by atoms with E-state index in [1.165, 1.54) is 5.56 Å². The molecule has 1 unspecified atom stereocenters. The Hall–Kier alpha value is -0.730. The van der Waals surface area contributed by atoms with Gasteiger partial charge in [0.15, 0.2) is 0 Å². The molecule has 0 aliphatic rings. The molecule has 0 amide bonds. The van der Waals surface area contributed by atoms with Crippen molar-refractivity contribution in [3.05, 3.63) is 29.8 Å². The SMILES string of the molecule is COc1ccc(CCNC(C)CCCCl)cc1. The number of ether oxygens (including phenoxy) is 1. The number of hydrogen-bond acceptors (Lipinski definition) is 2. The third-order valence-electron chi connectivity index (χ3n) is 2.84. The summed E-state index contributed by atoms with van der Waals surface area (Å²) in [6.45, 7) is 3.22. The second kappa shape index (κ2) is 8.37. The third-order valence-corrected chi connectivity index (χ3v) is 3.10. The molecule has 0 saturated carbocycles. The highest BCUT2D eigenvalue weighted by atomic mass is 35.5. The summed E-state index contributed by atoms with van der Waals surface area (Å²) < 4.78 is 5.13. The topological polar surface area (TPSA) is 21.3 Å². The Morgan fingerprint density at radius 2 is 2.00 bits per heavy atom. The van der Waals surface area contributed by atoms with E-state index < -0.39 is 0 Å². The van der Waals surface area contributed by atoms with E-state index in [-0.39, 0.29) is 0 Å². The first-order chi connectivity index (χ1) is 8.26. The maximum atomic E-state index is 5.66. The second-order valence-corrected chi connectivity index (χ2v) is 4.66. The zero-order valence-electron chi connectivity index (χ0n) is 10.7. The molecular weight excluding hydrogens is 234 g/mol. The summed E-state index contributed by atoms with van der Waals surface area (Å²) in [5, 5.41) is 3.50. The molecule has 1 N–H and O–H groups in total. The van der Waals surface area contributed by atoms with Crippen LogP contribution in [0.1, 0.15) is 25.3 Å². The Morgan fingerprint density at radius 1 is 1.29 bits per heavy atom. The van der Waals surface area contributed by atoms with Crippen molar-refractivity contribution in [1.82, 2.24) is 5.32 Å². The van der Waals surface area contributed by atoms with E-state index in [0.717, 1.165) is 37.4 Å². The predicted molar refractivity (Wildman–Crippen MR) is 74.1 cm³/mol. The third kappa shape index (κ3) is 5.94. The molecule has 1 aromatic rings. The van der Waals surface area contributed by atoms with E-state index in [4.69, 9.17) is 16.3 Å². The van der Waals surface area contributed by atoms with E-state index in [1.54, 1.807) is 7.11 Å². The van der Waals surface area contributed by atoms with Crippen LogP contribution in [-0.4, -0.2) is 25.6 Å². The minimum Gasteiger partial charge on any atom is -0.497 e. The van der Waals surface area contributed by atoms with Crippen molar-refractivity contribution in [1.29, 1.82) is 0 Å². The van der Waals surface area contributed by atoms with Gasteiger partial charge in [0, 0.05) is 11.9 Å². The van der Waals surface area contributed by atoms with Crippen molar-refractivity contribution in [2.45, 2.75) is 32.2 Å². The Balaban J connectivity index is 2.21. The summed E-state index contributed by atoms with van der Waals surface area (Å²) in [6, 6.07) is 8.79. The standard InChI is InChI=1S/C14H22ClNO/c1-12(4-3-10-15)16-11-9-13-5-7-14(17-2)8-6-13/h5-8,12,16H,3-4,9-11H2,1-2H3. The first-order valence-electron chi connectivity index (χ1n) is 6.18. The molecular formula is C14H22ClNO. The molecule has 0 saturated heterocycles. The molecule has 1 aromatic carbocycles. The monoisotopic (exact) mass is 255 g/mol. The normalized spacial score (nSPS) is 12.4. The Kier molecular flexibility index (Phi) is 7.06. The van der Waals surface area contributed by atoms with Gasteiger partial charge in [-0.2, -0.15) is 0 Å². The molecule has 1 atom stereocenters. The number of nitrogens with one attached hydrogen (secondary N) is 1. The zero-order chi connectivity index (χ0) is 12.5. The molecule has 0 aromatic heterocycles. The summed E-state index contributed by atoms with van der Waals surface area (Å²) in [4.78, 5) is 0. The van der Waals surface area contributed by atoms with Crippen LogP contribution < -0.4 is 10.1 Å². The molecule has 0 bridgehead atoms. The summed E-state index contributed by atoms with van der Waals surface area (Å²) in [7, 11) is 1.69. The predicted octanol–water partition coefficient (Wildman–Crippen LogP) is 3.23. The van der Waals surface area contributed by atoms with Gasteiger partial charge >= 0.3 is 0 Å². The maximum absolute atomic E-state index is 5.66. The largest absolute Gasteiger partial charge is 0.497 e. The molecule has 96 valence electrons. The molecule has 0 fully saturated rings. The van der Waals surface area contributed by atoms with E-state index in [0.29, 0.717) is 6.04 Å². The quantitative estimate of drug-likeness (QED) is 0.720. The molecule has 0 spiro atoms. The van der Waals surface area contributed by atoms with Crippen LogP contribution in [0.2, 0.25) is 0 Å². The minimum absolute atomic E-state index is 0.548. The van der Waals surface area contributed by atoms with Crippen LogP contribution >= 0.6 is 11.6 Å². The zero-order valence-corrected chi connectivity index (χ0v) is 11.5. The lowest BCUT2D eigenvalue weighted by molar-refractivity contribution is 0.414. The fourth-order valence-corrected chi connectivity index (χ4v) is 1.89. The van der Waals surface area contributed by atoms with Crippen molar-refractivity contribution in [3.63, 3.8) is 0 Å². The lowest BCUT2D eigenvalue weighted by Crippen LogP contribution is -2.28. The van der Waals surface area contributed by atoms with Gasteiger partial charge < -0.3 is 10.1 Å².